The molecule has 0 saturated carbocycles. The average Bonchev–Trinajstić information content (AvgIpc) is 2.94. The van der Waals surface area contributed by atoms with Gasteiger partial charge in [0.1, 0.15) is 17.5 Å². The molecule has 0 saturated heterocycles. The van der Waals surface area contributed by atoms with E-state index in [0.29, 0.717) is 5.75 Å². The van der Waals surface area contributed by atoms with E-state index in [1.807, 2.05) is 37.3 Å². The minimum atomic E-state index is -0.949. The summed E-state index contributed by atoms with van der Waals surface area (Å²) in [5.41, 5.74) is 4.70. The molecule has 0 heterocycles. The van der Waals surface area contributed by atoms with Crippen molar-refractivity contribution in [3.8, 4) is 22.6 Å². The van der Waals surface area contributed by atoms with Crippen LogP contribution in [0.1, 0.15) is 16.7 Å². The third kappa shape index (κ3) is 5.72. The second-order valence-corrected chi connectivity index (χ2v) is 9.69. The number of rotatable bonds is 10. The van der Waals surface area contributed by atoms with Gasteiger partial charge in [-0.15, -0.1) is 0 Å². The maximum atomic E-state index is 12.1. The quantitative estimate of drug-likeness (QED) is 0.145. The van der Waals surface area contributed by atoms with Crippen molar-refractivity contribution in [2.75, 3.05) is 13.9 Å². The Hall–Kier alpha value is -4.39. The highest BCUT2D eigenvalue weighted by Crippen LogP contribution is 2.42. The summed E-state index contributed by atoms with van der Waals surface area (Å²) in [4.78, 5) is 12.1. The minimum absolute atomic E-state index is 0.0572. The average molecular weight is 522 g/mol. The number of carboxylic acids is 1. The van der Waals surface area contributed by atoms with E-state index in [1.165, 1.54) is 0 Å². The molecular weight excluding hydrogens is 490 g/mol. The highest BCUT2D eigenvalue weighted by Gasteiger charge is 2.21. The van der Waals surface area contributed by atoms with Crippen molar-refractivity contribution in [3.63, 3.8) is 0 Å². The summed E-state index contributed by atoms with van der Waals surface area (Å²) in [6.07, 6.45) is 0.274. The molecule has 0 fully saturated rings. The summed E-state index contributed by atoms with van der Waals surface area (Å²) < 4.78 is 11.5. The van der Waals surface area contributed by atoms with E-state index < -0.39 is 12.0 Å². The van der Waals surface area contributed by atoms with Gasteiger partial charge in [-0.1, -0.05) is 66.7 Å². The molecule has 0 aromatic heterocycles. The Morgan fingerprint density at radius 1 is 0.897 bits per heavy atom. The molecule has 1 unspecified atom stereocenters. The van der Waals surface area contributed by atoms with Gasteiger partial charge in [0.25, 0.3) is 0 Å². The standard InChI is InChI=1S/C33H31NO5/c1-21-15-25(19-34-30(33(36)37)17-22-11-13-26(35)14-12-22)32(39-20-38-2)29(16-21)31-27-9-5-3-7-23(27)18-24-8-4-6-10-28(24)31/h3-16,18,30,34-35H,17,19-20H2,1-2H3,(H,36,37). The Bertz CT molecular complexity index is 1570. The molecule has 1 atom stereocenters. The largest absolute Gasteiger partial charge is 0.508 e. The zero-order valence-electron chi connectivity index (χ0n) is 22.0. The van der Waals surface area contributed by atoms with Gasteiger partial charge in [0.2, 0.25) is 0 Å². The van der Waals surface area contributed by atoms with Crippen LogP contribution in [-0.4, -0.2) is 36.1 Å². The van der Waals surface area contributed by atoms with Crippen molar-refractivity contribution in [2.24, 2.45) is 0 Å². The van der Waals surface area contributed by atoms with Crippen molar-refractivity contribution in [2.45, 2.75) is 25.9 Å². The molecular formula is C33H31NO5. The van der Waals surface area contributed by atoms with Crippen molar-refractivity contribution < 1.29 is 24.5 Å². The van der Waals surface area contributed by atoms with Crippen molar-refractivity contribution in [1.82, 2.24) is 5.32 Å². The summed E-state index contributed by atoms with van der Waals surface area (Å²) >= 11 is 0. The van der Waals surface area contributed by atoms with Crippen LogP contribution in [0.4, 0.5) is 0 Å². The molecule has 5 aromatic carbocycles. The van der Waals surface area contributed by atoms with Crippen LogP contribution >= 0.6 is 0 Å². The lowest BCUT2D eigenvalue weighted by atomic mass is 9.89. The van der Waals surface area contributed by atoms with E-state index in [2.05, 4.69) is 41.7 Å². The highest BCUT2D eigenvalue weighted by molar-refractivity contribution is 6.13. The highest BCUT2D eigenvalue weighted by atomic mass is 16.7. The van der Waals surface area contributed by atoms with Crippen molar-refractivity contribution >= 4 is 27.5 Å². The van der Waals surface area contributed by atoms with Crippen LogP contribution in [0.15, 0.2) is 91.0 Å². The third-order valence-electron chi connectivity index (χ3n) is 6.89. The molecule has 0 radical (unpaired) electrons. The Morgan fingerprint density at radius 2 is 1.54 bits per heavy atom. The molecule has 3 N–H and O–H groups in total. The summed E-state index contributed by atoms with van der Waals surface area (Å²) in [6.45, 7) is 2.37. The topological polar surface area (TPSA) is 88.0 Å². The van der Waals surface area contributed by atoms with Gasteiger partial charge in [0.15, 0.2) is 6.79 Å². The fourth-order valence-electron chi connectivity index (χ4n) is 5.11. The number of phenols is 1. The van der Waals surface area contributed by atoms with Crippen molar-refractivity contribution in [1.29, 1.82) is 0 Å². The minimum Gasteiger partial charge on any atom is -0.508 e. The number of hydrogen-bond donors (Lipinski definition) is 3. The van der Waals surface area contributed by atoms with Gasteiger partial charge in [-0.3, -0.25) is 10.1 Å². The molecule has 5 rings (SSSR count). The SMILES string of the molecule is COCOc1c(CNC(Cc2ccc(O)cc2)C(=O)O)cc(C)cc1-c1c2ccccc2cc2ccccc12. The van der Waals surface area contributed by atoms with Gasteiger partial charge in [-0.2, -0.15) is 0 Å². The van der Waals surface area contributed by atoms with Gasteiger partial charge in [0, 0.05) is 30.3 Å². The number of methoxy groups -OCH3 is 1. The van der Waals surface area contributed by atoms with Crippen LogP contribution in [0, 0.1) is 6.92 Å². The molecule has 0 spiro atoms. The molecule has 5 aromatic rings. The van der Waals surface area contributed by atoms with Crippen molar-refractivity contribution in [3.05, 3.63) is 108 Å². The fraction of sp³-hybridized carbons (Fsp3) is 0.182. The first-order valence-electron chi connectivity index (χ1n) is 12.8. The van der Waals surface area contributed by atoms with E-state index in [4.69, 9.17) is 9.47 Å². The maximum absolute atomic E-state index is 12.1. The first-order valence-corrected chi connectivity index (χ1v) is 12.8. The number of hydrogen-bond acceptors (Lipinski definition) is 5. The van der Waals surface area contributed by atoms with E-state index in [-0.39, 0.29) is 25.5 Å². The predicted molar refractivity (Wildman–Crippen MR) is 154 cm³/mol. The van der Waals surface area contributed by atoms with Gasteiger partial charge in [0.05, 0.1) is 0 Å². The van der Waals surface area contributed by atoms with Gasteiger partial charge >= 0.3 is 5.97 Å². The fourth-order valence-corrected chi connectivity index (χ4v) is 5.11. The Balaban J connectivity index is 1.60. The van der Waals surface area contributed by atoms with E-state index in [0.717, 1.165) is 49.4 Å². The van der Waals surface area contributed by atoms with E-state index in [9.17, 15) is 15.0 Å². The monoisotopic (exact) mass is 521 g/mol. The zero-order valence-corrected chi connectivity index (χ0v) is 22.0. The number of aromatic hydroxyl groups is 1. The summed E-state index contributed by atoms with van der Waals surface area (Å²) in [7, 11) is 1.58. The lowest BCUT2D eigenvalue weighted by molar-refractivity contribution is -0.139. The van der Waals surface area contributed by atoms with Crippen LogP contribution in [0.2, 0.25) is 0 Å². The zero-order chi connectivity index (χ0) is 27.4. The number of aryl methyl sites for hydroxylation is 1. The lowest BCUT2D eigenvalue weighted by Gasteiger charge is -2.21. The number of aliphatic carboxylic acids is 1. The van der Waals surface area contributed by atoms with E-state index in [1.54, 1.807) is 31.4 Å². The molecule has 0 aliphatic carbocycles. The van der Waals surface area contributed by atoms with Crippen LogP contribution in [-0.2, 0) is 22.5 Å². The number of fused-ring (bicyclic) bond motifs is 2. The molecule has 0 aliphatic rings. The first kappa shape index (κ1) is 26.2. The summed E-state index contributed by atoms with van der Waals surface area (Å²) in [6, 6.07) is 28.7. The third-order valence-corrected chi connectivity index (χ3v) is 6.89. The predicted octanol–water partition coefficient (Wildman–Crippen LogP) is 6.44. The number of ether oxygens (including phenoxy) is 2. The van der Waals surface area contributed by atoms with Gasteiger partial charge in [-0.05, 0) is 70.3 Å². The first-order chi connectivity index (χ1) is 18.9. The van der Waals surface area contributed by atoms with E-state index >= 15 is 0 Å². The summed E-state index contributed by atoms with van der Waals surface area (Å²) in [5.74, 6) is -0.146. The molecule has 0 amide bonds. The van der Waals surface area contributed by atoms with Gasteiger partial charge < -0.3 is 19.7 Å². The number of benzene rings is 5. The molecule has 6 nitrogen and oxygen atoms in total. The smallest absolute Gasteiger partial charge is 0.321 e. The molecule has 0 aliphatic heterocycles. The number of phenolic OH excluding ortho intramolecular Hbond substituents is 1. The van der Waals surface area contributed by atoms with Crippen LogP contribution in [0.3, 0.4) is 0 Å². The molecule has 198 valence electrons. The molecule has 39 heavy (non-hydrogen) atoms. The molecule has 6 heteroatoms. The Morgan fingerprint density at radius 3 is 2.15 bits per heavy atom. The summed E-state index contributed by atoms with van der Waals surface area (Å²) in [5, 5.41) is 27.2. The van der Waals surface area contributed by atoms with Crippen LogP contribution in [0.25, 0.3) is 32.7 Å². The van der Waals surface area contributed by atoms with Gasteiger partial charge in [-0.25, -0.2) is 0 Å². The molecule has 0 bridgehead atoms. The maximum Gasteiger partial charge on any atom is 0.321 e. The number of carbonyl (C=O) groups is 1. The van der Waals surface area contributed by atoms with Crippen LogP contribution in [0.5, 0.6) is 11.5 Å². The Labute approximate surface area is 227 Å². The number of carboxylic acid groups (broad SMARTS) is 1. The van der Waals surface area contributed by atoms with Crippen LogP contribution < -0.4 is 10.1 Å². The second kappa shape index (κ2) is 11.6. The second-order valence-electron chi connectivity index (χ2n) is 9.69. The number of nitrogens with one attached hydrogen (secondary N) is 1. The lowest BCUT2D eigenvalue weighted by Crippen LogP contribution is -2.38. The normalized spacial score (nSPS) is 12.1. The Kier molecular flexibility index (Phi) is 7.77.